The van der Waals surface area contributed by atoms with Crippen LogP contribution in [0.15, 0.2) is 0 Å². The molecule has 1 unspecified atom stereocenters. The van der Waals surface area contributed by atoms with Gasteiger partial charge in [-0.15, -0.1) is 0 Å². The molecule has 0 aromatic carbocycles. The molecule has 0 heterocycles. The van der Waals surface area contributed by atoms with Gasteiger partial charge in [0.25, 0.3) is 0 Å². The van der Waals surface area contributed by atoms with Gasteiger partial charge >= 0.3 is 0 Å². The summed E-state index contributed by atoms with van der Waals surface area (Å²) in [4.78, 5) is 2.30. The summed E-state index contributed by atoms with van der Waals surface area (Å²) in [5, 5.41) is 0. The highest BCUT2D eigenvalue weighted by atomic mass is 32.2. The zero-order valence-electron chi connectivity index (χ0n) is 10.6. The Bertz CT molecular complexity index is 263. The van der Waals surface area contributed by atoms with Gasteiger partial charge in [-0.3, -0.25) is 11.3 Å². The molecule has 3 N–H and O–H groups in total. The highest BCUT2D eigenvalue weighted by molar-refractivity contribution is 7.90. The fraction of sp³-hybridized carbons (Fsp3) is 1.00. The van der Waals surface area contributed by atoms with Crippen LogP contribution in [0, 0.1) is 0 Å². The average Bonchev–Trinajstić information content (AvgIpc) is 2.22. The van der Waals surface area contributed by atoms with E-state index < -0.39 is 9.84 Å². The van der Waals surface area contributed by atoms with Crippen molar-refractivity contribution in [2.45, 2.75) is 32.7 Å². The summed E-state index contributed by atoms with van der Waals surface area (Å²) < 4.78 is 22.0. The summed E-state index contributed by atoms with van der Waals surface area (Å²) in [6.45, 7) is 7.21. The average molecular weight is 251 g/mol. The first-order valence-electron chi connectivity index (χ1n) is 5.79. The minimum Gasteiger partial charge on any atom is -0.304 e. The maximum atomic E-state index is 11.0. The van der Waals surface area contributed by atoms with E-state index >= 15 is 0 Å². The Hall–Kier alpha value is -0.170. The Morgan fingerprint density at radius 2 is 1.81 bits per heavy atom. The number of hydrogen-bond acceptors (Lipinski definition) is 5. The van der Waals surface area contributed by atoms with Gasteiger partial charge in [0, 0.05) is 12.3 Å². The van der Waals surface area contributed by atoms with Crippen molar-refractivity contribution in [3.63, 3.8) is 0 Å². The van der Waals surface area contributed by atoms with Crippen LogP contribution >= 0.6 is 0 Å². The quantitative estimate of drug-likeness (QED) is 0.445. The molecule has 0 aliphatic carbocycles. The molecule has 98 valence electrons. The van der Waals surface area contributed by atoms with E-state index in [-0.39, 0.29) is 11.8 Å². The molecular weight excluding hydrogens is 226 g/mol. The standard InChI is InChI=1S/C10H25N3O2S/c1-4-13(5-2)8-6-10(12-11)7-9-16(3,14)15/h10,12H,4-9,11H2,1-3H3. The van der Waals surface area contributed by atoms with E-state index in [1.807, 2.05) is 0 Å². The first-order valence-corrected chi connectivity index (χ1v) is 7.85. The van der Waals surface area contributed by atoms with E-state index in [1.54, 1.807) is 0 Å². The molecule has 1 atom stereocenters. The summed E-state index contributed by atoms with van der Waals surface area (Å²) in [5.74, 6) is 5.60. The second kappa shape index (κ2) is 8.00. The summed E-state index contributed by atoms with van der Waals surface area (Å²) in [6, 6.07) is 0.0790. The van der Waals surface area contributed by atoms with E-state index in [0.29, 0.717) is 6.42 Å². The molecule has 0 bridgehead atoms. The molecule has 0 rings (SSSR count). The van der Waals surface area contributed by atoms with E-state index in [2.05, 4.69) is 24.2 Å². The van der Waals surface area contributed by atoms with Crippen LogP contribution in [-0.4, -0.2) is 51.0 Å². The molecule has 16 heavy (non-hydrogen) atoms. The monoisotopic (exact) mass is 251 g/mol. The van der Waals surface area contributed by atoms with E-state index in [9.17, 15) is 8.42 Å². The highest BCUT2D eigenvalue weighted by Gasteiger charge is 2.11. The number of sulfone groups is 1. The second-order valence-corrected chi connectivity index (χ2v) is 6.36. The predicted octanol–water partition coefficient (Wildman–Crippen LogP) is -0.0151. The van der Waals surface area contributed by atoms with Crippen LogP contribution in [0.5, 0.6) is 0 Å². The number of nitrogens with two attached hydrogens (primary N) is 1. The van der Waals surface area contributed by atoms with Crippen molar-refractivity contribution in [2.24, 2.45) is 5.84 Å². The maximum Gasteiger partial charge on any atom is 0.147 e. The van der Waals surface area contributed by atoms with Crippen molar-refractivity contribution in [1.82, 2.24) is 10.3 Å². The van der Waals surface area contributed by atoms with Crippen molar-refractivity contribution in [3.05, 3.63) is 0 Å². The summed E-state index contributed by atoms with van der Waals surface area (Å²) in [6.07, 6.45) is 2.72. The number of hydrazine groups is 1. The molecule has 0 saturated heterocycles. The molecule has 0 spiro atoms. The predicted molar refractivity (Wildman–Crippen MR) is 67.8 cm³/mol. The Labute approximate surface area is 99.3 Å². The van der Waals surface area contributed by atoms with Gasteiger partial charge in [0.05, 0.1) is 5.75 Å². The lowest BCUT2D eigenvalue weighted by Crippen LogP contribution is -2.39. The Kier molecular flexibility index (Phi) is 7.91. The first kappa shape index (κ1) is 15.8. The maximum absolute atomic E-state index is 11.0. The minimum absolute atomic E-state index is 0.0790. The topological polar surface area (TPSA) is 75.4 Å². The summed E-state index contributed by atoms with van der Waals surface area (Å²) >= 11 is 0. The lowest BCUT2D eigenvalue weighted by molar-refractivity contribution is 0.279. The zero-order chi connectivity index (χ0) is 12.6. The van der Waals surface area contributed by atoms with Crippen LogP contribution in [0.1, 0.15) is 26.7 Å². The van der Waals surface area contributed by atoms with Gasteiger partial charge in [-0.05, 0) is 32.5 Å². The lowest BCUT2D eigenvalue weighted by atomic mass is 10.1. The lowest BCUT2D eigenvalue weighted by Gasteiger charge is -2.22. The third kappa shape index (κ3) is 8.04. The molecule has 5 nitrogen and oxygen atoms in total. The van der Waals surface area contributed by atoms with Crippen molar-refractivity contribution in [2.75, 3.05) is 31.6 Å². The zero-order valence-corrected chi connectivity index (χ0v) is 11.4. The van der Waals surface area contributed by atoms with Gasteiger partial charge < -0.3 is 4.90 Å². The van der Waals surface area contributed by atoms with E-state index in [4.69, 9.17) is 5.84 Å². The number of rotatable bonds is 9. The molecule has 6 heteroatoms. The summed E-state index contributed by atoms with van der Waals surface area (Å²) in [7, 11) is -2.89. The molecule has 0 fully saturated rings. The van der Waals surface area contributed by atoms with Gasteiger partial charge in [-0.1, -0.05) is 13.8 Å². The smallest absolute Gasteiger partial charge is 0.147 e. The number of hydrogen-bond donors (Lipinski definition) is 2. The van der Waals surface area contributed by atoms with Crippen molar-refractivity contribution >= 4 is 9.84 Å². The second-order valence-electron chi connectivity index (χ2n) is 4.10. The third-order valence-electron chi connectivity index (χ3n) is 2.76. The fourth-order valence-corrected chi connectivity index (χ4v) is 2.26. The molecule has 0 aliphatic heterocycles. The molecule has 0 aliphatic rings. The Morgan fingerprint density at radius 1 is 1.25 bits per heavy atom. The largest absolute Gasteiger partial charge is 0.304 e. The van der Waals surface area contributed by atoms with Crippen LogP contribution in [-0.2, 0) is 9.84 Å². The highest BCUT2D eigenvalue weighted by Crippen LogP contribution is 2.02. The number of nitrogens with one attached hydrogen (secondary N) is 1. The van der Waals surface area contributed by atoms with E-state index in [0.717, 1.165) is 26.1 Å². The Morgan fingerprint density at radius 3 is 2.19 bits per heavy atom. The van der Waals surface area contributed by atoms with Crippen LogP contribution in [0.2, 0.25) is 0 Å². The van der Waals surface area contributed by atoms with Gasteiger partial charge in [-0.25, -0.2) is 8.42 Å². The Balaban J connectivity index is 3.92. The molecule has 0 radical (unpaired) electrons. The normalized spacial score (nSPS) is 14.3. The molecular formula is C10H25N3O2S. The van der Waals surface area contributed by atoms with Crippen LogP contribution in [0.4, 0.5) is 0 Å². The van der Waals surface area contributed by atoms with Crippen molar-refractivity contribution in [3.8, 4) is 0 Å². The van der Waals surface area contributed by atoms with Gasteiger partial charge in [0.2, 0.25) is 0 Å². The molecule has 0 amide bonds. The van der Waals surface area contributed by atoms with Gasteiger partial charge in [0.15, 0.2) is 0 Å². The van der Waals surface area contributed by atoms with Crippen LogP contribution in [0.3, 0.4) is 0 Å². The van der Waals surface area contributed by atoms with Crippen LogP contribution < -0.4 is 11.3 Å². The first-order chi connectivity index (χ1) is 7.42. The SMILES string of the molecule is CCN(CC)CCC(CCS(C)(=O)=O)NN. The minimum atomic E-state index is -2.89. The molecule has 0 aromatic rings. The third-order valence-corrected chi connectivity index (χ3v) is 3.74. The molecule has 0 saturated carbocycles. The number of nitrogens with zero attached hydrogens (tertiary/aromatic N) is 1. The van der Waals surface area contributed by atoms with Crippen molar-refractivity contribution in [1.29, 1.82) is 0 Å². The fourth-order valence-electron chi connectivity index (χ4n) is 1.55. The van der Waals surface area contributed by atoms with Crippen molar-refractivity contribution < 1.29 is 8.42 Å². The van der Waals surface area contributed by atoms with Gasteiger partial charge in [0.1, 0.15) is 9.84 Å². The molecule has 0 aromatic heterocycles. The van der Waals surface area contributed by atoms with Gasteiger partial charge in [-0.2, -0.15) is 0 Å². The van der Waals surface area contributed by atoms with Crippen LogP contribution in [0.25, 0.3) is 0 Å². The summed E-state index contributed by atoms with van der Waals surface area (Å²) in [5.41, 5.74) is 2.69. The van der Waals surface area contributed by atoms with E-state index in [1.165, 1.54) is 6.26 Å².